The number of alkyl halides is 3. The molecular formula is C36H38ClF3N6O4S. The van der Waals surface area contributed by atoms with Crippen LogP contribution < -0.4 is 14.4 Å². The third-order valence-corrected chi connectivity index (χ3v) is 10.7. The van der Waals surface area contributed by atoms with Crippen LogP contribution in [0.3, 0.4) is 0 Å². The van der Waals surface area contributed by atoms with E-state index in [-0.39, 0.29) is 23.5 Å². The van der Waals surface area contributed by atoms with Gasteiger partial charge in [0.15, 0.2) is 5.69 Å². The van der Waals surface area contributed by atoms with Crippen LogP contribution in [0.25, 0.3) is 0 Å². The average Bonchev–Trinajstić information content (AvgIpc) is 3.12. The molecule has 51 heavy (non-hydrogen) atoms. The summed E-state index contributed by atoms with van der Waals surface area (Å²) in [5.41, 5.74) is 2.07. The number of amides is 1. The molecule has 6 rings (SSSR count). The Hall–Kier alpha value is -4.40. The first-order chi connectivity index (χ1) is 24.4. The number of carbonyl (C=O) groups excluding carboxylic acids is 1. The van der Waals surface area contributed by atoms with Gasteiger partial charge in [-0.3, -0.25) is 9.52 Å². The van der Waals surface area contributed by atoms with Crippen LogP contribution >= 0.6 is 11.6 Å². The highest BCUT2D eigenvalue weighted by molar-refractivity contribution is 7.91. The van der Waals surface area contributed by atoms with Crippen molar-refractivity contribution in [3.63, 3.8) is 0 Å². The van der Waals surface area contributed by atoms with Crippen LogP contribution in [0.4, 0.5) is 24.5 Å². The zero-order valence-corrected chi connectivity index (χ0v) is 29.5. The van der Waals surface area contributed by atoms with E-state index in [1.165, 1.54) is 0 Å². The van der Waals surface area contributed by atoms with E-state index in [1.54, 1.807) is 53.4 Å². The number of likely N-dealkylation sites (tertiary alicyclic amines) is 1. The molecule has 0 radical (unpaired) electrons. The largest absolute Gasteiger partial charge is 0.438 e. The van der Waals surface area contributed by atoms with Crippen molar-refractivity contribution in [2.24, 2.45) is 0 Å². The summed E-state index contributed by atoms with van der Waals surface area (Å²) in [6, 6.07) is 21.1. The molecule has 2 saturated heterocycles. The van der Waals surface area contributed by atoms with Gasteiger partial charge in [0.25, 0.3) is 5.91 Å². The predicted molar refractivity (Wildman–Crippen MR) is 190 cm³/mol. The first-order valence-electron chi connectivity index (χ1n) is 16.7. The van der Waals surface area contributed by atoms with E-state index in [1.807, 2.05) is 18.2 Å². The van der Waals surface area contributed by atoms with Gasteiger partial charge in [0.1, 0.15) is 5.75 Å². The monoisotopic (exact) mass is 742 g/mol. The molecule has 270 valence electrons. The van der Waals surface area contributed by atoms with E-state index >= 15 is 0 Å². The van der Waals surface area contributed by atoms with E-state index in [9.17, 15) is 26.4 Å². The van der Waals surface area contributed by atoms with Crippen molar-refractivity contribution in [2.75, 3.05) is 55.4 Å². The van der Waals surface area contributed by atoms with Crippen molar-refractivity contribution in [3.05, 3.63) is 106 Å². The number of carbonyl (C=O) groups is 1. The number of rotatable bonds is 10. The minimum absolute atomic E-state index is 0.0489. The molecule has 1 aromatic heterocycles. The molecule has 1 N–H and O–H groups in total. The van der Waals surface area contributed by atoms with E-state index in [0.29, 0.717) is 40.7 Å². The summed E-state index contributed by atoms with van der Waals surface area (Å²) in [4.78, 5) is 20.1. The molecule has 0 saturated carbocycles. The van der Waals surface area contributed by atoms with Gasteiger partial charge in [-0.1, -0.05) is 42.8 Å². The molecule has 15 heteroatoms. The number of sulfonamides is 1. The molecule has 3 heterocycles. The maximum Gasteiger partial charge on any atom is 0.435 e. The summed E-state index contributed by atoms with van der Waals surface area (Å²) in [5, 5.41) is 7.21. The van der Waals surface area contributed by atoms with Crippen molar-refractivity contribution >= 4 is 38.9 Å². The first kappa shape index (κ1) is 36.4. The number of benzene rings is 3. The summed E-state index contributed by atoms with van der Waals surface area (Å²) >= 11 is 5.99. The Morgan fingerprint density at radius 1 is 0.902 bits per heavy atom. The minimum atomic E-state index is -4.58. The Labute approximate surface area is 300 Å². The highest BCUT2D eigenvalue weighted by Crippen LogP contribution is 2.34. The third kappa shape index (κ3) is 9.29. The molecule has 0 spiro atoms. The fourth-order valence-corrected chi connectivity index (χ4v) is 7.72. The summed E-state index contributed by atoms with van der Waals surface area (Å²) in [6.45, 7) is 7.27. The number of nitrogens with one attached hydrogen (secondary N) is 1. The lowest BCUT2D eigenvalue weighted by molar-refractivity contribution is -0.141. The number of hydrogen-bond acceptors (Lipinski definition) is 8. The summed E-state index contributed by atoms with van der Waals surface area (Å²) in [5.74, 6) is 0.140. The van der Waals surface area contributed by atoms with Crippen molar-refractivity contribution in [1.29, 1.82) is 0 Å². The number of piperidine rings is 1. The summed E-state index contributed by atoms with van der Waals surface area (Å²) in [7, 11) is -3.82. The van der Waals surface area contributed by atoms with Crippen molar-refractivity contribution < 1.29 is 31.1 Å². The quantitative estimate of drug-likeness (QED) is 0.184. The van der Waals surface area contributed by atoms with Gasteiger partial charge in [0.05, 0.1) is 17.1 Å². The Balaban J connectivity index is 1.11. The maximum absolute atomic E-state index is 13.8. The molecule has 4 aromatic rings. The number of anilines is 2. The molecule has 0 atom stereocenters. The maximum atomic E-state index is 13.8. The lowest BCUT2D eigenvalue weighted by Gasteiger charge is -2.36. The van der Waals surface area contributed by atoms with Gasteiger partial charge in [-0.2, -0.15) is 13.2 Å². The molecule has 2 aliphatic rings. The lowest BCUT2D eigenvalue weighted by atomic mass is 9.89. The summed E-state index contributed by atoms with van der Waals surface area (Å²) in [6.07, 6.45) is -3.14. The Morgan fingerprint density at radius 2 is 1.59 bits per heavy atom. The number of nitrogens with zero attached hydrogens (tertiary/aromatic N) is 5. The first-order valence-corrected chi connectivity index (χ1v) is 18.7. The van der Waals surface area contributed by atoms with Crippen LogP contribution in [-0.4, -0.2) is 80.1 Å². The van der Waals surface area contributed by atoms with Crippen molar-refractivity contribution in [2.45, 2.75) is 37.6 Å². The number of aromatic nitrogens is 2. The zero-order chi connectivity index (χ0) is 36.2. The third-order valence-electron chi connectivity index (χ3n) is 9.23. The SMILES string of the molecule is CCN1CCN(c2ccc(C(=O)N3CCC(c4ccc(Oc5ccc(C(F)(F)F)nn5)cc4)CC3)cc2NS(=O)(=O)Cc2ccc(Cl)cc2)CC1. The van der Waals surface area contributed by atoms with Crippen molar-refractivity contribution in [3.8, 4) is 11.6 Å². The molecule has 10 nitrogen and oxygen atoms in total. The normalized spacial score (nSPS) is 16.3. The van der Waals surface area contributed by atoms with E-state index in [0.717, 1.165) is 68.9 Å². The fraction of sp³-hybridized carbons (Fsp3) is 0.361. The van der Waals surface area contributed by atoms with Crippen LogP contribution in [0.15, 0.2) is 78.9 Å². The van der Waals surface area contributed by atoms with E-state index in [4.69, 9.17) is 16.3 Å². The Bertz CT molecular complexity index is 1910. The molecule has 1 amide bonds. The van der Waals surface area contributed by atoms with Crippen LogP contribution in [0, 0.1) is 0 Å². The zero-order valence-electron chi connectivity index (χ0n) is 27.9. The van der Waals surface area contributed by atoms with Gasteiger partial charge >= 0.3 is 6.18 Å². The standard InChI is InChI=1S/C36H38ClF3N6O4S/c1-2-44-19-21-45(22-20-44)32-12-7-28(23-31(32)43-51(48,49)24-25-3-8-29(37)9-4-25)35(47)46-17-15-27(16-18-46)26-5-10-30(11-6-26)50-34-14-13-33(41-42-34)36(38,39)40/h3-14,23,27,43H,2,15-22,24H2,1H3. The van der Waals surface area contributed by atoms with Crippen LogP contribution in [0.1, 0.15) is 52.9 Å². The van der Waals surface area contributed by atoms with Gasteiger partial charge in [-0.05, 0) is 85.0 Å². The predicted octanol–water partition coefficient (Wildman–Crippen LogP) is 7.04. The van der Waals surface area contributed by atoms with Crippen LogP contribution in [-0.2, 0) is 22.0 Å². The number of halogens is 4. The van der Waals surface area contributed by atoms with Gasteiger partial charge in [-0.15, -0.1) is 10.2 Å². The smallest absolute Gasteiger partial charge is 0.435 e. The molecule has 2 fully saturated rings. The summed E-state index contributed by atoms with van der Waals surface area (Å²) < 4.78 is 73.4. The molecule has 2 aliphatic heterocycles. The van der Waals surface area contributed by atoms with E-state index in [2.05, 4.69) is 31.6 Å². The highest BCUT2D eigenvalue weighted by Gasteiger charge is 2.33. The average molecular weight is 743 g/mol. The molecule has 0 bridgehead atoms. The van der Waals surface area contributed by atoms with Gasteiger partial charge in [0, 0.05) is 55.9 Å². The minimum Gasteiger partial charge on any atom is -0.438 e. The lowest BCUT2D eigenvalue weighted by Crippen LogP contribution is -2.46. The van der Waals surface area contributed by atoms with Gasteiger partial charge < -0.3 is 19.4 Å². The topological polar surface area (TPSA) is 108 Å². The van der Waals surface area contributed by atoms with Gasteiger partial charge in [0.2, 0.25) is 15.9 Å². The molecule has 0 aliphatic carbocycles. The fourth-order valence-electron chi connectivity index (χ4n) is 6.39. The Morgan fingerprint density at radius 3 is 2.20 bits per heavy atom. The molecular weight excluding hydrogens is 705 g/mol. The second kappa shape index (κ2) is 15.5. The Kier molecular flexibility index (Phi) is 11.0. The van der Waals surface area contributed by atoms with Crippen molar-refractivity contribution in [1.82, 2.24) is 20.0 Å². The molecule has 3 aromatic carbocycles. The van der Waals surface area contributed by atoms with Crippen LogP contribution in [0.5, 0.6) is 11.6 Å². The highest BCUT2D eigenvalue weighted by atomic mass is 35.5. The number of hydrogen-bond donors (Lipinski definition) is 1. The van der Waals surface area contributed by atoms with E-state index < -0.39 is 21.9 Å². The second-order valence-corrected chi connectivity index (χ2v) is 14.8. The van der Waals surface area contributed by atoms with Crippen LogP contribution in [0.2, 0.25) is 5.02 Å². The van der Waals surface area contributed by atoms with Gasteiger partial charge in [-0.25, -0.2) is 8.42 Å². The second-order valence-electron chi connectivity index (χ2n) is 12.6. The number of ether oxygens (including phenoxy) is 1. The number of piperazine rings is 1. The molecule has 0 unspecified atom stereocenters. The number of likely N-dealkylation sites (N-methyl/N-ethyl adjacent to an activating group) is 1.